The van der Waals surface area contributed by atoms with Crippen LogP contribution in [0, 0.1) is 6.92 Å². The SMILES string of the molecule is CCOc1ccccc1CN1CCC[C@@H](c2cc(N)n3nc(C)cc3n2)C1. The molecule has 3 aromatic rings. The minimum Gasteiger partial charge on any atom is -0.494 e. The number of rotatable bonds is 5. The summed E-state index contributed by atoms with van der Waals surface area (Å²) in [4.78, 5) is 7.33. The Balaban J connectivity index is 1.53. The molecule has 0 saturated carbocycles. The normalized spacial score (nSPS) is 18.1. The van der Waals surface area contributed by atoms with Gasteiger partial charge in [0.15, 0.2) is 5.65 Å². The van der Waals surface area contributed by atoms with Gasteiger partial charge >= 0.3 is 0 Å². The smallest absolute Gasteiger partial charge is 0.157 e. The maximum Gasteiger partial charge on any atom is 0.157 e. The van der Waals surface area contributed by atoms with Crippen LogP contribution in [0.3, 0.4) is 0 Å². The van der Waals surface area contributed by atoms with Crippen molar-refractivity contribution >= 4 is 11.5 Å². The van der Waals surface area contributed by atoms with Crippen LogP contribution in [-0.4, -0.2) is 39.2 Å². The van der Waals surface area contributed by atoms with Gasteiger partial charge in [-0.05, 0) is 39.3 Å². The highest BCUT2D eigenvalue weighted by Crippen LogP contribution is 2.29. The highest BCUT2D eigenvalue weighted by Gasteiger charge is 2.24. The van der Waals surface area contributed by atoms with Gasteiger partial charge in [-0.3, -0.25) is 4.90 Å². The van der Waals surface area contributed by atoms with Gasteiger partial charge in [0, 0.05) is 36.7 Å². The average Bonchev–Trinajstić information content (AvgIpc) is 3.05. The highest BCUT2D eigenvalue weighted by molar-refractivity contribution is 5.48. The Hall–Kier alpha value is -2.60. The summed E-state index contributed by atoms with van der Waals surface area (Å²) in [5, 5.41) is 4.40. The molecular formula is C21H27N5O. The van der Waals surface area contributed by atoms with Crippen LogP contribution in [0.1, 0.15) is 42.6 Å². The molecule has 0 amide bonds. The number of nitrogens with two attached hydrogens (primary N) is 1. The molecule has 1 aliphatic heterocycles. The Morgan fingerprint density at radius 1 is 1.26 bits per heavy atom. The molecule has 6 nitrogen and oxygen atoms in total. The Bertz CT molecular complexity index is 935. The first-order valence-electron chi connectivity index (χ1n) is 9.70. The number of aromatic nitrogens is 3. The lowest BCUT2D eigenvalue weighted by Gasteiger charge is -2.33. The summed E-state index contributed by atoms with van der Waals surface area (Å²) in [5.41, 5.74) is 10.3. The fourth-order valence-electron chi connectivity index (χ4n) is 3.95. The zero-order valence-corrected chi connectivity index (χ0v) is 16.1. The number of anilines is 1. The Morgan fingerprint density at radius 3 is 2.96 bits per heavy atom. The van der Waals surface area contributed by atoms with Crippen molar-refractivity contribution in [2.24, 2.45) is 0 Å². The molecule has 0 bridgehead atoms. The molecule has 2 aromatic heterocycles. The van der Waals surface area contributed by atoms with Crippen molar-refractivity contribution < 1.29 is 4.74 Å². The number of nitrogens with zero attached hydrogens (tertiary/aromatic N) is 4. The lowest BCUT2D eigenvalue weighted by Crippen LogP contribution is -2.34. The van der Waals surface area contributed by atoms with E-state index in [9.17, 15) is 0 Å². The second-order valence-corrected chi connectivity index (χ2v) is 7.28. The zero-order chi connectivity index (χ0) is 18.8. The quantitative estimate of drug-likeness (QED) is 0.750. The zero-order valence-electron chi connectivity index (χ0n) is 16.1. The third-order valence-corrected chi connectivity index (χ3v) is 5.19. The number of aryl methyl sites for hydroxylation is 1. The minimum absolute atomic E-state index is 0.389. The molecule has 0 spiro atoms. The van der Waals surface area contributed by atoms with E-state index >= 15 is 0 Å². The molecule has 0 aliphatic carbocycles. The van der Waals surface area contributed by atoms with Crippen molar-refractivity contribution in [1.82, 2.24) is 19.5 Å². The van der Waals surface area contributed by atoms with E-state index in [0.29, 0.717) is 18.3 Å². The van der Waals surface area contributed by atoms with Crippen molar-refractivity contribution in [3.63, 3.8) is 0 Å². The summed E-state index contributed by atoms with van der Waals surface area (Å²) in [6.07, 6.45) is 2.30. The van der Waals surface area contributed by atoms with E-state index in [1.54, 1.807) is 4.52 Å². The Morgan fingerprint density at radius 2 is 2.11 bits per heavy atom. The van der Waals surface area contributed by atoms with Crippen molar-refractivity contribution in [3.05, 3.63) is 53.3 Å². The number of piperidine rings is 1. The first-order valence-corrected chi connectivity index (χ1v) is 9.70. The molecule has 0 unspecified atom stereocenters. The lowest BCUT2D eigenvalue weighted by molar-refractivity contribution is 0.195. The van der Waals surface area contributed by atoms with E-state index in [-0.39, 0.29) is 0 Å². The van der Waals surface area contributed by atoms with E-state index in [0.717, 1.165) is 55.3 Å². The predicted octanol–water partition coefficient (Wildman–Crippen LogP) is 3.40. The molecule has 1 fully saturated rings. The van der Waals surface area contributed by atoms with Crippen LogP contribution in [0.5, 0.6) is 5.75 Å². The maximum absolute atomic E-state index is 6.22. The largest absolute Gasteiger partial charge is 0.494 e. The standard InChI is InChI=1S/C21H27N5O/c1-3-27-19-9-5-4-7-17(19)14-25-10-6-8-16(13-25)18-12-20(22)26-21(23-18)11-15(2)24-26/h4-5,7,9,11-12,16H,3,6,8,10,13-14,22H2,1-2H3/t16-/m1/s1. The molecule has 2 N–H and O–H groups in total. The molecule has 1 atom stereocenters. The predicted molar refractivity (Wildman–Crippen MR) is 107 cm³/mol. The van der Waals surface area contributed by atoms with Gasteiger partial charge in [-0.25, -0.2) is 4.98 Å². The van der Waals surface area contributed by atoms with E-state index in [1.165, 1.54) is 5.56 Å². The third-order valence-electron chi connectivity index (χ3n) is 5.19. The number of benzene rings is 1. The van der Waals surface area contributed by atoms with Crippen LogP contribution in [0.4, 0.5) is 5.82 Å². The molecule has 0 radical (unpaired) electrons. The van der Waals surface area contributed by atoms with Gasteiger partial charge < -0.3 is 10.5 Å². The number of nitrogen functional groups attached to an aromatic ring is 1. The fourth-order valence-corrected chi connectivity index (χ4v) is 3.95. The molecular weight excluding hydrogens is 338 g/mol. The summed E-state index contributed by atoms with van der Waals surface area (Å²) in [7, 11) is 0. The molecule has 4 rings (SSSR count). The molecule has 1 aromatic carbocycles. The van der Waals surface area contributed by atoms with Crippen LogP contribution in [0.15, 0.2) is 36.4 Å². The lowest BCUT2D eigenvalue weighted by atomic mass is 9.94. The van der Waals surface area contributed by atoms with Crippen molar-refractivity contribution in [2.45, 2.75) is 39.2 Å². The second kappa shape index (κ2) is 7.56. The minimum atomic E-state index is 0.389. The Kier molecular flexibility index (Phi) is 4.99. The van der Waals surface area contributed by atoms with Crippen LogP contribution in [0.25, 0.3) is 5.65 Å². The van der Waals surface area contributed by atoms with Gasteiger partial charge in [0.25, 0.3) is 0 Å². The van der Waals surface area contributed by atoms with E-state index in [2.05, 4.69) is 28.2 Å². The molecule has 27 heavy (non-hydrogen) atoms. The van der Waals surface area contributed by atoms with Crippen molar-refractivity contribution in [3.8, 4) is 5.75 Å². The number of fused-ring (bicyclic) bond motifs is 1. The van der Waals surface area contributed by atoms with Gasteiger partial charge in [-0.15, -0.1) is 0 Å². The van der Waals surface area contributed by atoms with Gasteiger partial charge in [-0.1, -0.05) is 18.2 Å². The summed E-state index contributed by atoms with van der Waals surface area (Å²) in [6.45, 7) is 7.66. The van der Waals surface area contributed by atoms with Gasteiger partial charge in [0.1, 0.15) is 11.6 Å². The monoisotopic (exact) mass is 365 g/mol. The van der Waals surface area contributed by atoms with E-state index in [1.807, 2.05) is 32.0 Å². The molecule has 6 heteroatoms. The number of ether oxygens (including phenoxy) is 1. The second-order valence-electron chi connectivity index (χ2n) is 7.28. The molecule has 3 heterocycles. The third kappa shape index (κ3) is 3.76. The van der Waals surface area contributed by atoms with Gasteiger partial charge in [-0.2, -0.15) is 9.61 Å². The molecule has 1 saturated heterocycles. The number of para-hydroxylation sites is 1. The van der Waals surface area contributed by atoms with Crippen LogP contribution in [-0.2, 0) is 6.54 Å². The number of likely N-dealkylation sites (tertiary alicyclic amines) is 1. The number of hydrogen-bond acceptors (Lipinski definition) is 5. The first kappa shape index (κ1) is 17.8. The van der Waals surface area contributed by atoms with E-state index < -0.39 is 0 Å². The summed E-state index contributed by atoms with van der Waals surface area (Å²) in [6, 6.07) is 12.3. The topological polar surface area (TPSA) is 68.7 Å². The van der Waals surface area contributed by atoms with Crippen molar-refractivity contribution in [1.29, 1.82) is 0 Å². The molecule has 142 valence electrons. The van der Waals surface area contributed by atoms with Crippen molar-refractivity contribution in [2.75, 3.05) is 25.4 Å². The Labute approximate surface area is 160 Å². The molecule has 1 aliphatic rings. The van der Waals surface area contributed by atoms with Gasteiger partial charge in [0.05, 0.1) is 18.0 Å². The van der Waals surface area contributed by atoms with Crippen LogP contribution >= 0.6 is 0 Å². The summed E-state index contributed by atoms with van der Waals surface area (Å²) < 4.78 is 7.51. The van der Waals surface area contributed by atoms with Crippen LogP contribution < -0.4 is 10.5 Å². The maximum atomic E-state index is 6.22. The first-order chi connectivity index (χ1) is 13.1. The van der Waals surface area contributed by atoms with Gasteiger partial charge in [0.2, 0.25) is 0 Å². The fraction of sp³-hybridized carbons (Fsp3) is 0.429. The summed E-state index contributed by atoms with van der Waals surface area (Å²) >= 11 is 0. The average molecular weight is 365 g/mol. The van der Waals surface area contributed by atoms with E-state index in [4.69, 9.17) is 15.5 Å². The number of hydrogen-bond donors (Lipinski definition) is 1. The summed E-state index contributed by atoms with van der Waals surface area (Å²) in [5.74, 6) is 2.03. The highest BCUT2D eigenvalue weighted by atomic mass is 16.5. The van der Waals surface area contributed by atoms with Crippen LogP contribution in [0.2, 0.25) is 0 Å².